The molecule has 0 bridgehead atoms. The lowest BCUT2D eigenvalue weighted by molar-refractivity contribution is -0.133. The average Bonchev–Trinajstić information content (AvgIpc) is 3.15. The molecule has 1 fully saturated rings. The third-order valence-electron chi connectivity index (χ3n) is 6.02. The van der Waals surface area contributed by atoms with Gasteiger partial charge in [-0.2, -0.15) is 0 Å². The van der Waals surface area contributed by atoms with Gasteiger partial charge in [-0.05, 0) is 43.7 Å². The van der Waals surface area contributed by atoms with E-state index >= 15 is 0 Å². The highest BCUT2D eigenvalue weighted by molar-refractivity contribution is 7.09. The van der Waals surface area contributed by atoms with Crippen molar-refractivity contribution in [2.24, 2.45) is 0 Å². The number of aryl methyl sites for hydroxylation is 2. The van der Waals surface area contributed by atoms with E-state index in [4.69, 9.17) is 0 Å². The number of piperidine rings is 1. The third-order valence-corrected chi connectivity index (χ3v) is 7.02. The SMILES string of the molecule is Cc1ncsc1CCC(=O)N1CCC2(CC1)c1ccccc1CC2O. The molecule has 1 spiro atoms. The van der Waals surface area contributed by atoms with Crippen molar-refractivity contribution in [3.8, 4) is 0 Å². The molecule has 5 heteroatoms. The van der Waals surface area contributed by atoms with Gasteiger partial charge in [0.2, 0.25) is 5.91 Å². The summed E-state index contributed by atoms with van der Waals surface area (Å²) in [6, 6.07) is 8.40. The Balaban J connectivity index is 1.40. The number of amides is 1. The number of hydrogen-bond acceptors (Lipinski definition) is 4. The van der Waals surface area contributed by atoms with E-state index in [-0.39, 0.29) is 17.4 Å². The van der Waals surface area contributed by atoms with Crippen molar-refractivity contribution in [1.29, 1.82) is 0 Å². The number of benzene rings is 1. The summed E-state index contributed by atoms with van der Waals surface area (Å²) >= 11 is 1.63. The lowest BCUT2D eigenvalue weighted by Crippen LogP contribution is -2.49. The largest absolute Gasteiger partial charge is 0.392 e. The Morgan fingerprint density at radius 1 is 1.36 bits per heavy atom. The van der Waals surface area contributed by atoms with Crippen LogP contribution in [0.25, 0.3) is 0 Å². The van der Waals surface area contributed by atoms with Crippen molar-refractivity contribution in [3.05, 3.63) is 51.5 Å². The minimum atomic E-state index is -0.318. The van der Waals surface area contributed by atoms with Gasteiger partial charge in [0.1, 0.15) is 0 Å². The molecule has 1 N–H and O–H groups in total. The first-order valence-corrected chi connectivity index (χ1v) is 9.91. The zero-order valence-corrected chi connectivity index (χ0v) is 15.4. The highest BCUT2D eigenvalue weighted by Crippen LogP contribution is 2.46. The van der Waals surface area contributed by atoms with Crippen LogP contribution in [0.3, 0.4) is 0 Å². The molecule has 132 valence electrons. The molecule has 1 aliphatic carbocycles. The van der Waals surface area contributed by atoms with Gasteiger partial charge in [0.05, 0.1) is 17.3 Å². The summed E-state index contributed by atoms with van der Waals surface area (Å²) in [6.07, 6.45) is 3.47. The Hall–Kier alpha value is -1.72. The number of aliphatic hydroxyl groups is 1. The number of carbonyl (C=O) groups excluding carboxylic acids is 1. The van der Waals surface area contributed by atoms with Crippen LogP contribution in [0.2, 0.25) is 0 Å². The fraction of sp³-hybridized carbons (Fsp3) is 0.500. The molecule has 2 aliphatic rings. The maximum absolute atomic E-state index is 12.6. The molecule has 25 heavy (non-hydrogen) atoms. The molecule has 1 unspecified atom stereocenters. The second kappa shape index (κ2) is 6.54. The van der Waals surface area contributed by atoms with Gasteiger partial charge < -0.3 is 10.0 Å². The highest BCUT2D eigenvalue weighted by atomic mass is 32.1. The lowest BCUT2D eigenvalue weighted by atomic mass is 9.72. The number of aromatic nitrogens is 1. The Labute approximate surface area is 152 Å². The molecule has 1 aromatic heterocycles. The van der Waals surface area contributed by atoms with Gasteiger partial charge in [-0.25, -0.2) is 4.98 Å². The van der Waals surface area contributed by atoms with Crippen molar-refractivity contribution in [2.75, 3.05) is 13.1 Å². The van der Waals surface area contributed by atoms with E-state index in [1.54, 1.807) is 11.3 Å². The van der Waals surface area contributed by atoms with Crippen LogP contribution in [0.1, 0.15) is 41.0 Å². The van der Waals surface area contributed by atoms with Crippen LogP contribution in [0, 0.1) is 6.92 Å². The number of nitrogens with zero attached hydrogens (tertiary/aromatic N) is 2. The summed E-state index contributed by atoms with van der Waals surface area (Å²) in [6.45, 7) is 3.48. The molecule has 2 heterocycles. The standard InChI is InChI=1S/C20H24N2O2S/c1-14-17(25-13-21-14)6-7-19(24)22-10-8-20(9-11-22)16-5-3-2-4-15(16)12-18(20)23/h2-5,13,18,23H,6-12H2,1H3. The molecule has 1 atom stereocenters. The normalized spacial score (nSPS) is 21.5. The molecule has 4 nitrogen and oxygen atoms in total. The van der Waals surface area contributed by atoms with E-state index in [0.29, 0.717) is 6.42 Å². The molecule has 1 aliphatic heterocycles. The topological polar surface area (TPSA) is 53.4 Å². The summed E-state index contributed by atoms with van der Waals surface area (Å²) in [7, 11) is 0. The zero-order valence-electron chi connectivity index (χ0n) is 14.6. The predicted molar refractivity (Wildman–Crippen MR) is 98.8 cm³/mol. The van der Waals surface area contributed by atoms with E-state index in [1.807, 2.05) is 23.4 Å². The summed E-state index contributed by atoms with van der Waals surface area (Å²) in [5, 5.41) is 10.7. The van der Waals surface area contributed by atoms with Crippen LogP contribution in [0.15, 0.2) is 29.8 Å². The van der Waals surface area contributed by atoms with Crippen LogP contribution >= 0.6 is 11.3 Å². The number of aliphatic hydroxyl groups excluding tert-OH is 1. The first kappa shape index (κ1) is 16.7. The Bertz CT molecular complexity index is 778. The Kier molecular flexibility index (Phi) is 4.38. The number of carbonyl (C=O) groups is 1. The molecule has 1 amide bonds. The molecule has 4 rings (SSSR count). The van der Waals surface area contributed by atoms with Gasteiger partial charge in [0.15, 0.2) is 0 Å². The van der Waals surface area contributed by atoms with Crippen molar-refractivity contribution in [2.45, 2.75) is 50.5 Å². The number of hydrogen-bond donors (Lipinski definition) is 1. The van der Waals surface area contributed by atoms with E-state index in [9.17, 15) is 9.90 Å². The van der Waals surface area contributed by atoms with Gasteiger partial charge in [-0.15, -0.1) is 11.3 Å². The van der Waals surface area contributed by atoms with E-state index in [2.05, 4.69) is 23.2 Å². The molecular weight excluding hydrogens is 332 g/mol. The minimum absolute atomic E-state index is 0.151. The number of fused-ring (bicyclic) bond motifs is 2. The van der Waals surface area contributed by atoms with Crippen molar-refractivity contribution in [3.63, 3.8) is 0 Å². The number of thiazole rings is 1. The zero-order chi connectivity index (χ0) is 17.4. The number of rotatable bonds is 3. The average molecular weight is 356 g/mol. The first-order valence-electron chi connectivity index (χ1n) is 9.03. The fourth-order valence-corrected chi connectivity index (χ4v) is 5.25. The van der Waals surface area contributed by atoms with Gasteiger partial charge >= 0.3 is 0 Å². The van der Waals surface area contributed by atoms with E-state index in [1.165, 1.54) is 16.0 Å². The van der Waals surface area contributed by atoms with Crippen LogP contribution in [0.5, 0.6) is 0 Å². The highest BCUT2D eigenvalue weighted by Gasteiger charge is 2.47. The van der Waals surface area contributed by atoms with Crippen molar-refractivity contribution < 1.29 is 9.90 Å². The first-order chi connectivity index (χ1) is 12.1. The quantitative estimate of drug-likeness (QED) is 0.920. The summed E-state index contributed by atoms with van der Waals surface area (Å²) in [4.78, 5) is 20.0. The van der Waals surface area contributed by atoms with Crippen molar-refractivity contribution >= 4 is 17.2 Å². The van der Waals surface area contributed by atoms with Crippen LogP contribution in [-0.4, -0.2) is 40.1 Å². The maximum atomic E-state index is 12.6. The van der Waals surface area contributed by atoms with Gasteiger partial charge in [-0.3, -0.25) is 4.79 Å². The Morgan fingerprint density at radius 2 is 2.12 bits per heavy atom. The number of likely N-dealkylation sites (tertiary alicyclic amines) is 1. The van der Waals surface area contributed by atoms with Crippen LogP contribution in [0.4, 0.5) is 0 Å². The fourth-order valence-electron chi connectivity index (χ4n) is 4.47. The second-order valence-electron chi connectivity index (χ2n) is 7.27. The van der Waals surface area contributed by atoms with Crippen LogP contribution < -0.4 is 0 Å². The molecule has 0 radical (unpaired) electrons. The van der Waals surface area contributed by atoms with Gasteiger partial charge in [0.25, 0.3) is 0 Å². The lowest BCUT2D eigenvalue weighted by Gasteiger charge is -2.42. The van der Waals surface area contributed by atoms with E-state index < -0.39 is 0 Å². The maximum Gasteiger partial charge on any atom is 0.222 e. The smallest absolute Gasteiger partial charge is 0.222 e. The Morgan fingerprint density at radius 3 is 2.84 bits per heavy atom. The minimum Gasteiger partial charge on any atom is -0.392 e. The molecule has 1 saturated heterocycles. The monoisotopic (exact) mass is 356 g/mol. The molecule has 1 aromatic carbocycles. The van der Waals surface area contributed by atoms with E-state index in [0.717, 1.165) is 44.5 Å². The molecule has 2 aromatic rings. The molecular formula is C20H24N2O2S. The van der Waals surface area contributed by atoms with Gasteiger partial charge in [-0.1, -0.05) is 24.3 Å². The third kappa shape index (κ3) is 2.89. The summed E-state index contributed by atoms with van der Waals surface area (Å²) < 4.78 is 0. The summed E-state index contributed by atoms with van der Waals surface area (Å²) in [5.74, 6) is 0.225. The van der Waals surface area contributed by atoms with Gasteiger partial charge in [0, 0.05) is 29.8 Å². The van der Waals surface area contributed by atoms with Crippen molar-refractivity contribution in [1.82, 2.24) is 9.88 Å². The molecule has 0 saturated carbocycles. The predicted octanol–water partition coefficient (Wildman–Crippen LogP) is 2.86. The summed E-state index contributed by atoms with van der Waals surface area (Å²) in [5.41, 5.74) is 5.31. The second-order valence-corrected chi connectivity index (χ2v) is 8.21. The van der Waals surface area contributed by atoms with Crippen LogP contribution in [-0.2, 0) is 23.1 Å².